The van der Waals surface area contributed by atoms with Crippen molar-refractivity contribution in [3.05, 3.63) is 0 Å². The summed E-state index contributed by atoms with van der Waals surface area (Å²) in [4.78, 5) is 10.7. The van der Waals surface area contributed by atoms with Crippen molar-refractivity contribution in [1.82, 2.24) is 9.03 Å². The number of aliphatic carboxylic acids is 1. The number of carbonyl (C=O) groups is 1. The summed E-state index contributed by atoms with van der Waals surface area (Å²) < 4.78 is 26.2. The standard InChI is InChI=1S/C6H12N2O4S2/c1-2-7-14(11,12)8-4-13-3-5(8)6(9)10/h5,7H,2-4H2,1H3,(H,9,10)/t5-/m0/s1. The van der Waals surface area contributed by atoms with E-state index in [1.54, 1.807) is 6.92 Å². The molecule has 0 spiro atoms. The molecule has 0 saturated carbocycles. The topological polar surface area (TPSA) is 86.7 Å². The fourth-order valence-electron chi connectivity index (χ4n) is 1.12. The second-order valence-electron chi connectivity index (χ2n) is 2.74. The van der Waals surface area contributed by atoms with E-state index in [0.717, 1.165) is 4.31 Å². The van der Waals surface area contributed by atoms with Gasteiger partial charge >= 0.3 is 5.97 Å². The number of nitrogens with zero attached hydrogens (tertiary/aromatic N) is 1. The van der Waals surface area contributed by atoms with E-state index in [4.69, 9.17) is 5.11 Å². The predicted molar refractivity (Wildman–Crippen MR) is 53.2 cm³/mol. The highest BCUT2D eigenvalue weighted by molar-refractivity contribution is 8.00. The number of carboxylic acid groups (broad SMARTS) is 1. The molecule has 1 atom stereocenters. The van der Waals surface area contributed by atoms with Crippen LogP contribution in [0.2, 0.25) is 0 Å². The van der Waals surface area contributed by atoms with Crippen molar-refractivity contribution in [2.45, 2.75) is 13.0 Å². The molecule has 0 bridgehead atoms. The van der Waals surface area contributed by atoms with Crippen LogP contribution in [0.5, 0.6) is 0 Å². The Hall–Kier alpha value is -0.310. The summed E-state index contributed by atoms with van der Waals surface area (Å²) in [7, 11) is -3.62. The number of carboxylic acids is 1. The molecule has 1 fully saturated rings. The minimum atomic E-state index is -3.62. The summed E-state index contributed by atoms with van der Waals surface area (Å²) in [5, 5.41) is 8.77. The van der Waals surface area contributed by atoms with Gasteiger partial charge in [-0.05, 0) is 0 Å². The van der Waals surface area contributed by atoms with Crippen molar-refractivity contribution >= 4 is 27.9 Å². The molecule has 82 valence electrons. The average molecular weight is 240 g/mol. The van der Waals surface area contributed by atoms with Crippen molar-refractivity contribution in [3.8, 4) is 0 Å². The maximum Gasteiger partial charge on any atom is 0.322 e. The molecule has 8 heteroatoms. The minimum Gasteiger partial charge on any atom is -0.480 e. The zero-order valence-corrected chi connectivity index (χ0v) is 9.27. The highest BCUT2D eigenvalue weighted by Gasteiger charge is 2.38. The fourth-order valence-corrected chi connectivity index (χ4v) is 4.04. The minimum absolute atomic E-state index is 0.201. The van der Waals surface area contributed by atoms with E-state index in [-0.39, 0.29) is 12.4 Å². The van der Waals surface area contributed by atoms with Gasteiger partial charge in [0, 0.05) is 12.3 Å². The number of thioether (sulfide) groups is 1. The predicted octanol–water partition coefficient (Wildman–Crippen LogP) is -0.700. The Morgan fingerprint density at radius 1 is 1.71 bits per heavy atom. The van der Waals surface area contributed by atoms with E-state index >= 15 is 0 Å². The van der Waals surface area contributed by atoms with Gasteiger partial charge < -0.3 is 5.11 Å². The lowest BCUT2D eigenvalue weighted by Crippen LogP contribution is -2.47. The first kappa shape index (κ1) is 11.8. The molecule has 0 unspecified atom stereocenters. The van der Waals surface area contributed by atoms with Crippen LogP contribution < -0.4 is 4.72 Å². The van der Waals surface area contributed by atoms with Crippen LogP contribution in [-0.4, -0.2) is 48.0 Å². The van der Waals surface area contributed by atoms with E-state index in [1.165, 1.54) is 11.8 Å². The zero-order chi connectivity index (χ0) is 10.8. The Labute approximate surface area is 86.8 Å². The van der Waals surface area contributed by atoms with Crippen molar-refractivity contribution in [3.63, 3.8) is 0 Å². The molecule has 1 saturated heterocycles. The molecule has 6 nitrogen and oxygen atoms in total. The average Bonchev–Trinajstić information content (AvgIpc) is 2.51. The van der Waals surface area contributed by atoms with Crippen molar-refractivity contribution < 1.29 is 18.3 Å². The van der Waals surface area contributed by atoms with Crippen LogP contribution >= 0.6 is 11.8 Å². The number of rotatable bonds is 4. The molecule has 0 aromatic rings. The molecule has 0 aliphatic carbocycles. The molecule has 1 rings (SSSR count). The summed E-state index contributed by atoms with van der Waals surface area (Å²) >= 11 is 1.30. The molecule has 0 aromatic carbocycles. The first-order valence-corrected chi connectivity index (χ1v) is 6.65. The Morgan fingerprint density at radius 2 is 2.36 bits per heavy atom. The van der Waals surface area contributed by atoms with E-state index < -0.39 is 22.2 Å². The van der Waals surface area contributed by atoms with Gasteiger partial charge in [-0.15, -0.1) is 11.8 Å². The van der Waals surface area contributed by atoms with Crippen molar-refractivity contribution in [2.24, 2.45) is 0 Å². The number of hydrogen-bond acceptors (Lipinski definition) is 4. The van der Waals surface area contributed by atoms with Gasteiger partial charge in [-0.2, -0.15) is 12.7 Å². The maximum absolute atomic E-state index is 11.5. The third-order valence-corrected chi connectivity index (χ3v) is 4.59. The molecule has 14 heavy (non-hydrogen) atoms. The number of hydrogen-bond donors (Lipinski definition) is 2. The zero-order valence-electron chi connectivity index (χ0n) is 7.63. The smallest absolute Gasteiger partial charge is 0.322 e. The molecule has 1 heterocycles. The lowest BCUT2D eigenvalue weighted by molar-refractivity contribution is -0.140. The molecule has 2 N–H and O–H groups in total. The summed E-state index contributed by atoms with van der Waals surface area (Å²) in [6.07, 6.45) is 0. The summed E-state index contributed by atoms with van der Waals surface area (Å²) in [5.74, 6) is -0.594. The fraction of sp³-hybridized carbons (Fsp3) is 0.833. The van der Waals surface area contributed by atoms with E-state index in [0.29, 0.717) is 5.75 Å². The Kier molecular flexibility index (Phi) is 3.76. The molecular formula is C6H12N2O4S2. The normalized spacial score (nSPS) is 23.9. The Morgan fingerprint density at radius 3 is 2.86 bits per heavy atom. The van der Waals surface area contributed by atoms with Crippen LogP contribution in [0.15, 0.2) is 0 Å². The van der Waals surface area contributed by atoms with Crippen molar-refractivity contribution in [1.29, 1.82) is 0 Å². The van der Waals surface area contributed by atoms with Gasteiger partial charge in [0.1, 0.15) is 6.04 Å². The van der Waals surface area contributed by atoms with Crippen LogP contribution in [-0.2, 0) is 15.0 Å². The highest BCUT2D eigenvalue weighted by atomic mass is 32.2. The molecule has 0 aromatic heterocycles. The lowest BCUT2D eigenvalue weighted by atomic mass is 10.4. The monoisotopic (exact) mass is 240 g/mol. The molecular weight excluding hydrogens is 228 g/mol. The van der Waals surface area contributed by atoms with Gasteiger partial charge in [0.2, 0.25) is 0 Å². The van der Waals surface area contributed by atoms with Gasteiger partial charge in [-0.25, -0.2) is 4.72 Å². The van der Waals surface area contributed by atoms with E-state index in [2.05, 4.69) is 4.72 Å². The summed E-state index contributed by atoms with van der Waals surface area (Å²) in [6, 6.07) is -0.941. The Bertz CT molecular complexity index is 316. The largest absolute Gasteiger partial charge is 0.480 e. The highest BCUT2D eigenvalue weighted by Crippen LogP contribution is 2.23. The third kappa shape index (κ3) is 2.38. The lowest BCUT2D eigenvalue weighted by Gasteiger charge is -2.19. The van der Waals surface area contributed by atoms with Crippen LogP contribution in [0.25, 0.3) is 0 Å². The SMILES string of the molecule is CCNS(=O)(=O)N1CSC[C@H]1C(=O)O. The molecule has 1 aliphatic rings. The third-order valence-electron chi connectivity index (χ3n) is 1.76. The van der Waals surface area contributed by atoms with Gasteiger partial charge in [0.25, 0.3) is 10.2 Å². The summed E-state index contributed by atoms with van der Waals surface area (Å²) in [6.45, 7) is 1.91. The summed E-state index contributed by atoms with van der Waals surface area (Å²) in [5.41, 5.74) is 0. The van der Waals surface area contributed by atoms with Gasteiger partial charge in [0.05, 0.1) is 5.88 Å². The van der Waals surface area contributed by atoms with Crippen LogP contribution in [0, 0.1) is 0 Å². The molecule has 1 aliphatic heterocycles. The first-order valence-electron chi connectivity index (χ1n) is 4.06. The van der Waals surface area contributed by atoms with E-state index in [1.807, 2.05) is 0 Å². The van der Waals surface area contributed by atoms with Crippen molar-refractivity contribution in [2.75, 3.05) is 18.2 Å². The molecule has 0 amide bonds. The number of nitrogens with one attached hydrogen (secondary N) is 1. The second kappa shape index (κ2) is 4.47. The van der Waals surface area contributed by atoms with Crippen LogP contribution in [0.3, 0.4) is 0 Å². The maximum atomic E-state index is 11.5. The quantitative estimate of drug-likeness (QED) is 0.678. The van der Waals surface area contributed by atoms with Crippen LogP contribution in [0.4, 0.5) is 0 Å². The van der Waals surface area contributed by atoms with Gasteiger partial charge in [-0.1, -0.05) is 6.92 Å². The second-order valence-corrected chi connectivity index (χ2v) is 5.45. The Balaban J connectivity index is 2.81. The van der Waals surface area contributed by atoms with Gasteiger partial charge in [-0.3, -0.25) is 4.79 Å². The first-order chi connectivity index (χ1) is 6.49. The van der Waals surface area contributed by atoms with E-state index in [9.17, 15) is 13.2 Å². The van der Waals surface area contributed by atoms with Crippen LogP contribution in [0.1, 0.15) is 6.92 Å². The molecule has 0 radical (unpaired) electrons. The van der Waals surface area contributed by atoms with Gasteiger partial charge in [0.15, 0.2) is 0 Å².